The smallest absolute Gasteiger partial charge is 0.405 e. The molecule has 0 saturated carbocycles. The summed E-state index contributed by atoms with van der Waals surface area (Å²) < 4.78 is 11.1. The van der Waals surface area contributed by atoms with Crippen LogP contribution < -0.4 is 15.5 Å². The number of hydrogen-bond donors (Lipinski definition) is 2. The van der Waals surface area contributed by atoms with E-state index in [9.17, 15) is 19.5 Å². The Hall–Kier alpha value is -3.49. The van der Waals surface area contributed by atoms with Crippen molar-refractivity contribution in [1.29, 1.82) is 0 Å². The second-order valence-electron chi connectivity index (χ2n) is 8.44. The molecule has 0 aliphatic heterocycles. The van der Waals surface area contributed by atoms with E-state index in [2.05, 4.69) is 5.32 Å². The summed E-state index contributed by atoms with van der Waals surface area (Å²) in [6.45, 7) is 3.30. The van der Waals surface area contributed by atoms with Crippen LogP contribution in [0.4, 0.5) is 4.79 Å². The van der Waals surface area contributed by atoms with Gasteiger partial charge in [0.2, 0.25) is 16.9 Å². The molecular formula is C25H24Cl2N2O6. The number of carbonyl (C=O) groups excluding carboxylic acids is 1. The molecule has 0 aliphatic rings. The van der Waals surface area contributed by atoms with Gasteiger partial charge in [-0.3, -0.25) is 9.59 Å². The van der Waals surface area contributed by atoms with E-state index in [-0.39, 0.29) is 31.2 Å². The van der Waals surface area contributed by atoms with Crippen molar-refractivity contribution >= 4 is 35.2 Å². The zero-order valence-electron chi connectivity index (χ0n) is 19.1. The SMILES string of the molecule is CC(C)(CN(Cc1ccc(Cl)c(Cl)c1)C(=O)c1occc(=O)c1OCc1ccccc1)NC(=O)O. The number of nitrogens with zero attached hydrogens (tertiary/aromatic N) is 1. The highest BCUT2D eigenvalue weighted by molar-refractivity contribution is 6.42. The average Bonchev–Trinajstić information content (AvgIpc) is 2.79. The highest BCUT2D eigenvalue weighted by Crippen LogP contribution is 2.25. The number of benzene rings is 2. The molecule has 3 aromatic rings. The maximum absolute atomic E-state index is 13.6. The molecule has 0 fully saturated rings. The van der Waals surface area contributed by atoms with Crippen molar-refractivity contribution in [2.24, 2.45) is 0 Å². The van der Waals surface area contributed by atoms with Gasteiger partial charge in [0.15, 0.2) is 0 Å². The number of halogens is 2. The van der Waals surface area contributed by atoms with E-state index in [4.69, 9.17) is 32.4 Å². The van der Waals surface area contributed by atoms with Crippen LogP contribution in [0.1, 0.15) is 35.5 Å². The van der Waals surface area contributed by atoms with Gasteiger partial charge in [0.25, 0.3) is 5.91 Å². The normalized spacial score (nSPS) is 11.1. The van der Waals surface area contributed by atoms with Gasteiger partial charge in [0, 0.05) is 19.2 Å². The van der Waals surface area contributed by atoms with Gasteiger partial charge < -0.3 is 24.5 Å². The third-order valence-electron chi connectivity index (χ3n) is 4.93. The Morgan fingerprint density at radius 1 is 1.06 bits per heavy atom. The van der Waals surface area contributed by atoms with Crippen LogP contribution in [0.2, 0.25) is 10.0 Å². The summed E-state index contributed by atoms with van der Waals surface area (Å²) in [4.78, 5) is 38.8. The summed E-state index contributed by atoms with van der Waals surface area (Å²) in [5.74, 6) is -1.18. The van der Waals surface area contributed by atoms with E-state index in [1.807, 2.05) is 30.3 Å². The zero-order chi connectivity index (χ0) is 25.6. The Morgan fingerprint density at radius 2 is 1.77 bits per heavy atom. The molecule has 10 heteroatoms. The maximum atomic E-state index is 13.6. The van der Waals surface area contributed by atoms with E-state index in [0.717, 1.165) is 17.9 Å². The fourth-order valence-corrected chi connectivity index (χ4v) is 3.75. The molecule has 1 aromatic heterocycles. The molecule has 2 amide bonds. The number of carboxylic acid groups (broad SMARTS) is 1. The average molecular weight is 519 g/mol. The largest absolute Gasteiger partial charge is 0.481 e. The van der Waals surface area contributed by atoms with Crippen LogP contribution in [0.25, 0.3) is 0 Å². The van der Waals surface area contributed by atoms with Gasteiger partial charge in [-0.1, -0.05) is 59.6 Å². The molecule has 3 rings (SSSR count). The number of hydrogen-bond acceptors (Lipinski definition) is 5. The van der Waals surface area contributed by atoms with E-state index in [0.29, 0.717) is 15.6 Å². The van der Waals surface area contributed by atoms with E-state index in [1.165, 1.54) is 4.90 Å². The summed E-state index contributed by atoms with van der Waals surface area (Å²) in [5, 5.41) is 12.3. The van der Waals surface area contributed by atoms with Gasteiger partial charge in [0.1, 0.15) is 6.61 Å². The Balaban J connectivity index is 1.95. The summed E-state index contributed by atoms with van der Waals surface area (Å²) in [6, 6.07) is 15.2. The number of amides is 2. The first-order valence-electron chi connectivity index (χ1n) is 10.6. The first-order chi connectivity index (χ1) is 16.6. The van der Waals surface area contributed by atoms with E-state index < -0.39 is 23.0 Å². The summed E-state index contributed by atoms with van der Waals surface area (Å²) in [5.41, 5.74) is -0.108. The maximum Gasteiger partial charge on any atom is 0.405 e. The lowest BCUT2D eigenvalue weighted by molar-refractivity contribution is 0.0648. The summed E-state index contributed by atoms with van der Waals surface area (Å²) >= 11 is 12.1. The molecule has 2 aromatic carbocycles. The van der Waals surface area contributed by atoms with Crippen molar-refractivity contribution in [2.75, 3.05) is 6.54 Å². The molecule has 0 bridgehead atoms. The van der Waals surface area contributed by atoms with Gasteiger partial charge in [-0.15, -0.1) is 0 Å². The minimum atomic E-state index is -1.24. The number of carbonyl (C=O) groups is 2. The first-order valence-corrected chi connectivity index (χ1v) is 11.3. The molecule has 35 heavy (non-hydrogen) atoms. The van der Waals surface area contributed by atoms with Crippen molar-refractivity contribution in [3.05, 3.63) is 98.0 Å². The van der Waals surface area contributed by atoms with Crippen LogP contribution in [0.5, 0.6) is 5.75 Å². The van der Waals surface area contributed by atoms with E-state index in [1.54, 1.807) is 32.0 Å². The Morgan fingerprint density at radius 3 is 2.43 bits per heavy atom. The molecule has 0 saturated heterocycles. The van der Waals surface area contributed by atoms with Gasteiger partial charge in [-0.25, -0.2) is 4.79 Å². The predicted molar refractivity (Wildman–Crippen MR) is 132 cm³/mol. The van der Waals surface area contributed by atoms with E-state index >= 15 is 0 Å². The van der Waals surface area contributed by atoms with Gasteiger partial charge in [0.05, 0.1) is 21.8 Å². The zero-order valence-corrected chi connectivity index (χ0v) is 20.6. The Bertz CT molecular complexity index is 1260. The summed E-state index contributed by atoms with van der Waals surface area (Å²) in [6.07, 6.45) is -0.127. The summed E-state index contributed by atoms with van der Waals surface area (Å²) in [7, 11) is 0. The van der Waals surface area contributed by atoms with Crippen LogP contribution in [0.15, 0.2) is 70.1 Å². The molecule has 0 aliphatic carbocycles. The molecular weight excluding hydrogens is 495 g/mol. The monoisotopic (exact) mass is 518 g/mol. The van der Waals surface area contributed by atoms with Crippen molar-refractivity contribution in [3.8, 4) is 5.75 Å². The van der Waals surface area contributed by atoms with Gasteiger partial charge in [-0.2, -0.15) is 0 Å². The minimum absolute atomic E-state index is 0.0389. The van der Waals surface area contributed by atoms with Crippen molar-refractivity contribution in [2.45, 2.75) is 32.5 Å². The molecule has 8 nitrogen and oxygen atoms in total. The lowest BCUT2D eigenvalue weighted by Crippen LogP contribution is -2.52. The Labute approximate surface area is 212 Å². The van der Waals surface area contributed by atoms with Crippen molar-refractivity contribution in [1.82, 2.24) is 10.2 Å². The number of rotatable bonds is 9. The standard InChI is InChI=1S/C25H24Cl2N2O6/c1-25(2,28-24(32)33)15-29(13-17-8-9-18(26)19(27)12-17)23(31)22-21(20(30)10-11-34-22)35-14-16-6-4-3-5-7-16/h3-12,28H,13-15H2,1-2H3,(H,32,33). The number of nitrogens with one attached hydrogen (secondary N) is 1. The Kier molecular flexibility index (Phi) is 8.43. The molecule has 1 heterocycles. The van der Waals surface area contributed by atoms with Gasteiger partial charge >= 0.3 is 6.09 Å². The topological polar surface area (TPSA) is 109 Å². The molecule has 2 N–H and O–H groups in total. The quantitative estimate of drug-likeness (QED) is 0.402. The van der Waals surface area contributed by atoms with Crippen LogP contribution in [0.3, 0.4) is 0 Å². The lowest BCUT2D eigenvalue weighted by atomic mass is 10.0. The van der Waals surface area contributed by atoms with Crippen molar-refractivity contribution < 1.29 is 23.8 Å². The fraction of sp³-hybridized carbons (Fsp3) is 0.240. The first kappa shape index (κ1) is 26.1. The van der Waals surface area contributed by atoms with Crippen LogP contribution >= 0.6 is 23.2 Å². The lowest BCUT2D eigenvalue weighted by Gasteiger charge is -2.32. The highest BCUT2D eigenvalue weighted by atomic mass is 35.5. The molecule has 0 atom stereocenters. The highest BCUT2D eigenvalue weighted by Gasteiger charge is 2.31. The number of ether oxygens (including phenoxy) is 1. The molecule has 0 spiro atoms. The third kappa shape index (κ3) is 7.24. The molecule has 0 radical (unpaired) electrons. The van der Waals surface area contributed by atoms with Crippen LogP contribution in [-0.2, 0) is 13.2 Å². The second-order valence-corrected chi connectivity index (χ2v) is 9.26. The molecule has 184 valence electrons. The third-order valence-corrected chi connectivity index (χ3v) is 5.67. The van der Waals surface area contributed by atoms with Crippen LogP contribution in [-0.4, -0.2) is 34.1 Å². The second kappa shape index (κ2) is 11.3. The van der Waals surface area contributed by atoms with Gasteiger partial charge in [-0.05, 0) is 37.1 Å². The molecule has 0 unspecified atom stereocenters. The minimum Gasteiger partial charge on any atom is -0.481 e. The predicted octanol–water partition coefficient (Wildman–Crippen LogP) is 5.21. The van der Waals surface area contributed by atoms with Crippen molar-refractivity contribution in [3.63, 3.8) is 0 Å². The van der Waals surface area contributed by atoms with Crippen LogP contribution in [0, 0.1) is 0 Å². The fourth-order valence-electron chi connectivity index (χ4n) is 3.43.